The molecule has 11 rings (SSSR count). The van der Waals surface area contributed by atoms with Crippen molar-refractivity contribution in [3.05, 3.63) is 41.8 Å². The number of benzene rings is 1. The van der Waals surface area contributed by atoms with Gasteiger partial charge in [0, 0.05) is 35.5 Å². The van der Waals surface area contributed by atoms with Crippen molar-refractivity contribution in [2.24, 2.45) is 16.7 Å². The van der Waals surface area contributed by atoms with Gasteiger partial charge in [-0.15, -0.1) is 0 Å². The second kappa shape index (κ2) is 8.26. The van der Waals surface area contributed by atoms with Crippen LogP contribution in [0.1, 0.15) is 107 Å². The van der Waals surface area contributed by atoms with E-state index in [9.17, 15) is 9.18 Å². The number of carbonyl (C=O) groups is 1. The van der Waals surface area contributed by atoms with Crippen LogP contribution in [-0.2, 0) is 16.6 Å². The van der Waals surface area contributed by atoms with Crippen molar-refractivity contribution in [3.8, 4) is 11.5 Å². The van der Waals surface area contributed by atoms with Crippen LogP contribution in [0.25, 0.3) is 11.5 Å². The van der Waals surface area contributed by atoms with Crippen molar-refractivity contribution in [3.63, 3.8) is 0 Å². The molecule has 0 saturated heterocycles. The van der Waals surface area contributed by atoms with Gasteiger partial charge in [-0.1, -0.05) is 16.4 Å². The van der Waals surface area contributed by atoms with Crippen LogP contribution in [0.15, 0.2) is 33.3 Å². The molecule has 214 valence electrons. The number of halogens is 1. The van der Waals surface area contributed by atoms with Crippen molar-refractivity contribution in [1.82, 2.24) is 20.3 Å². The third-order valence-corrected chi connectivity index (χ3v) is 11.4. The quantitative estimate of drug-likeness (QED) is 0.297. The minimum Gasteiger partial charge on any atom is -0.339 e. The first kappa shape index (κ1) is 24.5. The molecule has 3 aromatic rings. The van der Waals surface area contributed by atoms with E-state index in [1.807, 2.05) is 29.2 Å². The van der Waals surface area contributed by atoms with E-state index >= 15 is 0 Å². The Hall–Kier alpha value is -3.10. The van der Waals surface area contributed by atoms with Gasteiger partial charge in [0.15, 0.2) is 11.6 Å². The monoisotopic (exact) mass is 557 g/mol. The highest BCUT2D eigenvalue weighted by atomic mass is 19.1. The lowest BCUT2D eigenvalue weighted by atomic mass is 9.41. The molecule has 0 radical (unpaired) electrons. The van der Waals surface area contributed by atoms with Gasteiger partial charge in [0.1, 0.15) is 5.67 Å². The molecule has 1 aromatic carbocycles. The third-order valence-electron chi connectivity index (χ3n) is 11.4. The number of rotatable bonds is 9. The van der Waals surface area contributed by atoms with Crippen LogP contribution in [0, 0.1) is 16.7 Å². The first-order chi connectivity index (χ1) is 19.8. The second-order valence-electron chi connectivity index (χ2n) is 14.6. The number of hydrogen-bond acceptors (Lipinski definition) is 7. The zero-order valence-corrected chi connectivity index (χ0v) is 23.4. The Kier molecular flexibility index (Phi) is 4.93. The summed E-state index contributed by atoms with van der Waals surface area (Å²) in [6.07, 6.45) is 12.8. The molecule has 0 unspecified atom stereocenters. The van der Waals surface area contributed by atoms with Crippen LogP contribution in [0.4, 0.5) is 10.1 Å². The predicted octanol–water partition coefficient (Wildman–Crippen LogP) is 6.47. The molecule has 4 bridgehead atoms. The van der Waals surface area contributed by atoms with Gasteiger partial charge >= 0.3 is 0 Å². The molecule has 8 aliphatic carbocycles. The molecule has 0 spiro atoms. The number of hydrogen-bond donors (Lipinski definition) is 0. The molecule has 8 fully saturated rings. The lowest BCUT2D eigenvalue weighted by molar-refractivity contribution is -0.211. The van der Waals surface area contributed by atoms with Crippen molar-refractivity contribution in [2.45, 2.75) is 107 Å². The molecule has 8 nitrogen and oxygen atoms in total. The summed E-state index contributed by atoms with van der Waals surface area (Å²) in [6, 6.07) is 7.94. The van der Waals surface area contributed by atoms with Crippen molar-refractivity contribution in [1.29, 1.82) is 0 Å². The molecular formula is C32H36FN5O3. The van der Waals surface area contributed by atoms with Gasteiger partial charge in [0.2, 0.25) is 11.8 Å². The van der Waals surface area contributed by atoms with Gasteiger partial charge in [0.05, 0.1) is 5.41 Å². The highest BCUT2D eigenvalue weighted by Gasteiger charge is 2.73. The Labute approximate surface area is 238 Å². The highest BCUT2D eigenvalue weighted by Crippen LogP contribution is 2.70. The summed E-state index contributed by atoms with van der Waals surface area (Å²) in [5.74, 6) is 4.21. The van der Waals surface area contributed by atoms with E-state index in [2.05, 4.69) is 15.3 Å². The first-order valence-electron chi connectivity index (χ1n) is 15.6. The fourth-order valence-corrected chi connectivity index (χ4v) is 8.41. The Bertz CT molecular complexity index is 1490. The number of carbonyl (C=O) groups excluding carboxylic acids is 1. The first-order valence-corrected chi connectivity index (χ1v) is 15.6. The fourth-order valence-electron chi connectivity index (χ4n) is 8.41. The maximum absolute atomic E-state index is 14.6. The Balaban J connectivity index is 0.985. The summed E-state index contributed by atoms with van der Waals surface area (Å²) >= 11 is 0. The summed E-state index contributed by atoms with van der Waals surface area (Å²) in [4.78, 5) is 25.7. The zero-order chi connectivity index (χ0) is 27.5. The van der Waals surface area contributed by atoms with Gasteiger partial charge in [0.25, 0.3) is 5.89 Å². The maximum atomic E-state index is 14.6. The van der Waals surface area contributed by atoms with E-state index in [0.29, 0.717) is 43.5 Å². The van der Waals surface area contributed by atoms with Gasteiger partial charge < -0.3 is 13.9 Å². The average Bonchev–Trinajstić information content (AvgIpc) is 3.88. The van der Waals surface area contributed by atoms with Gasteiger partial charge in [-0.25, -0.2) is 4.39 Å². The minimum atomic E-state index is -1.12. The molecule has 0 N–H and O–H groups in total. The molecule has 2 aromatic heterocycles. The Morgan fingerprint density at radius 2 is 1.71 bits per heavy atom. The van der Waals surface area contributed by atoms with Gasteiger partial charge in [-0.05, 0) is 113 Å². The van der Waals surface area contributed by atoms with E-state index in [0.717, 1.165) is 73.7 Å². The summed E-state index contributed by atoms with van der Waals surface area (Å²) in [7, 11) is 0. The normalized spacial score (nSPS) is 35.1. The SMILES string of the molecule is O=C(N(CC12CCC(c3nc(C4CC4)no3)(CC1)CC2)c1cccc(-c2nc(CC3CC3)no2)c1)C12CC(F)(C1)C2. The summed E-state index contributed by atoms with van der Waals surface area (Å²) < 4.78 is 26.0. The summed E-state index contributed by atoms with van der Waals surface area (Å²) in [5.41, 5.74) is 0.00424. The van der Waals surface area contributed by atoms with E-state index < -0.39 is 11.1 Å². The Morgan fingerprint density at radius 1 is 0.951 bits per heavy atom. The van der Waals surface area contributed by atoms with Crippen LogP contribution in [0.5, 0.6) is 0 Å². The smallest absolute Gasteiger partial charge is 0.257 e. The summed E-state index contributed by atoms with van der Waals surface area (Å²) in [6.45, 7) is 0.653. The van der Waals surface area contributed by atoms with E-state index in [1.54, 1.807) is 0 Å². The lowest BCUT2D eigenvalue weighted by Crippen LogP contribution is -2.71. The van der Waals surface area contributed by atoms with Crippen LogP contribution in [0.3, 0.4) is 0 Å². The Morgan fingerprint density at radius 3 is 2.39 bits per heavy atom. The zero-order valence-electron chi connectivity index (χ0n) is 23.4. The van der Waals surface area contributed by atoms with Crippen LogP contribution in [0.2, 0.25) is 0 Å². The number of fused-ring (bicyclic) bond motifs is 3. The predicted molar refractivity (Wildman–Crippen MR) is 147 cm³/mol. The number of alkyl halides is 1. The van der Waals surface area contributed by atoms with Crippen molar-refractivity contribution in [2.75, 3.05) is 11.4 Å². The molecular weight excluding hydrogens is 521 g/mol. The highest BCUT2D eigenvalue weighted by molar-refractivity contribution is 6.00. The van der Waals surface area contributed by atoms with Crippen LogP contribution >= 0.6 is 0 Å². The van der Waals surface area contributed by atoms with Crippen LogP contribution in [-0.4, -0.2) is 38.4 Å². The number of nitrogens with zero attached hydrogens (tertiary/aromatic N) is 5. The third kappa shape index (κ3) is 3.93. The molecule has 8 aliphatic rings. The largest absolute Gasteiger partial charge is 0.339 e. The van der Waals surface area contributed by atoms with E-state index in [-0.39, 0.29) is 16.7 Å². The standard InChI is InChI=1S/C32H36FN5O3/c33-32-16-31(17-32,18-32)28(39)38(23-3-1-2-22(15-23)26-34-24(36-40-26)14-20-4-5-20)19-29-8-11-30(12-9-29,13-10-29)27-35-25(37-41-27)21-6-7-21/h1-3,15,20-21H,4-14,16-19H2. The van der Waals surface area contributed by atoms with Crippen molar-refractivity contribution < 1.29 is 18.2 Å². The maximum Gasteiger partial charge on any atom is 0.257 e. The summed E-state index contributed by atoms with van der Waals surface area (Å²) in [5, 5.41) is 8.51. The fraction of sp³-hybridized carbons (Fsp3) is 0.656. The van der Waals surface area contributed by atoms with Gasteiger partial charge in [-0.2, -0.15) is 9.97 Å². The molecule has 1 amide bonds. The minimum absolute atomic E-state index is 0.0265. The lowest BCUT2D eigenvalue weighted by Gasteiger charge is -2.65. The second-order valence-corrected chi connectivity index (χ2v) is 14.6. The van der Waals surface area contributed by atoms with Gasteiger partial charge in [-0.3, -0.25) is 4.79 Å². The number of aromatic nitrogens is 4. The molecule has 8 saturated carbocycles. The number of amides is 1. The molecule has 0 aliphatic heterocycles. The molecule has 9 heteroatoms. The van der Waals surface area contributed by atoms with Crippen LogP contribution < -0.4 is 4.90 Å². The topological polar surface area (TPSA) is 98.2 Å². The van der Waals surface area contributed by atoms with E-state index in [4.69, 9.17) is 14.0 Å². The molecule has 2 heterocycles. The number of anilines is 1. The molecule has 0 atom stereocenters. The van der Waals surface area contributed by atoms with Crippen molar-refractivity contribution >= 4 is 11.6 Å². The molecule has 41 heavy (non-hydrogen) atoms. The average molecular weight is 558 g/mol. The van der Waals surface area contributed by atoms with E-state index in [1.165, 1.54) is 25.7 Å².